The summed E-state index contributed by atoms with van der Waals surface area (Å²) in [5.74, 6) is -0.327. The Morgan fingerprint density at radius 1 is 0.968 bits per heavy atom. The van der Waals surface area contributed by atoms with Crippen LogP contribution in [0.15, 0.2) is 59.4 Å². The zero-order valence-electron chi connectivity index (χ0n) is 19.0. The Labute approximate surface area is 184 Å². The number of anilines is 1. The number of rotatable bonds is 8. The zero-order chi connectivity index (χ0) is 22.4. The van der Waals surface area contributed by atoms with Gasteiger partial charge in [-0.2, -0.15) is 0 Å². The van der Waals surface area contributed by atoms with Gasteiger partial charge in [-0.25, -0.2) is 0 Å². The third-order valence-electron chi connectivity index (χ3n) is 5.91. The molecule has 0 spiro atoms. The molecule has 0 radical (unpaired) electrons. The van der Waals surface area contributed by atoms with E-state index in [2.05, 4.69) is 28.9 Å². The number of hydrogen-bond donors (Lipinski definition) is 1. The zero-order valence-corrected chi connectivity index (χ0v) is 19.0. The van der Waals surface area contributed by atoms with Crippen molar-refractivity contribution < 1.29 is 4.79 Å². The molecule has 0 saturated heterocycles. The number of carbonyl (C=O) groups is 1. The van der Waals surface area contributed by atoms with E-state index in [0.29, 0.717) is 13.0 Å². The molecule has 3 rings (SSSR count). The Balaban J connectivity index is 2.06. The number of aromatic nitrogens is 1. The molecular formula is C27H32N2O2. The topological polar surface area (TPSA) is 51.1 Å². The van der Waals surface area contributed by atoms with Gasteiger partial charge in [-0.3, -0.25) is 9.59 Å². The minimum Gasteiger partial charge on any atom is -0.343 e. The maximum Gasteiger partial charge on any atom is 0.261 e. The lowest BCUT2D eigenvalue weighted by molar-refractivity contribution is 0.102. The minimum absolute atomic E-state index is 0.212. The van der Waals surface area contributed by atoms with Crippen LogP contribution in [0.25, 0.3) is 0 Å². The van der Waals surface area contributed by atoms with Gasteiger partial charge in [0.2, 0.25) is 0 Å². The molecule has 0 fully saturated rings. The monoisotopic (exact) mass is 416 g/mol. The molecule has 31 heavy (non-hydrogen) atoms. The van der Waals surface area contributed by atoms with Gasteiger partial charge in [0.15, 0.2) is 5.43 Å². The van der Waals surface area contributed by atoms with Crippen LogP contribution in [0.3, 0.4) is 0 Å². The summed E-state index contributed by atoms with van der Waals surface area (Å²) in [5, 5.41) is 3.00. The number of nitrogens with zero attached hydrogens (tertiary/aromatic N) is 1. The smallest absolute Gasteiger partial charge is 0.261 e. The molecule has 1 aromatic heterocycles. The first-order chi connectivity index (χ1) is 14.9. The number of benzene rings is 2. The molecule has 0 aliphatic heterocycles. The van der Waals surface area contributed by atoms with Crippen molar-refractivity contribution >= 4 is 11.6 Å². The van der Waals surface area contributed by atoms with Gasteiger partial charge in [0.1, 0.15) is 5.56 Å². The molecule has 4 heteroatoms. The lowest BCUT2D eigenvalue weighted by atomic mass is 10.0. The van der Waals surface area contributed by atoms with Crippen LogP contribution < -0.4 is 10.7 Å². The molecule has 1 amide bonds. The van der Waals surface area contributed by atoms with Gasteiger partial charge >= 0.3 is 0 Å². The number of amides is 1. The molecule has 1 heterocycles. The standard InChI is InChI=1S/C27H32N2O2/c1-5-6-8-16-24-26(27(31)28-23-15-11-12-19(2)21(23)4)25(30)17-20(3)29(24)18-22-13-9-7-10-14-22/h7,9-15,17H,5-6,8,16,18H2,1-4H3,(H,28,31). The summed E-state index contributed by atoms with van der Waals surface area (Å²) >= 11 is 0. The van der Waals surface area contributed by atoms with Crippen LogP contribution in [0.5, 0.6) is 0 Å². The van der Waals surface area contributed by atoms with Crippen molar-refractivity contribution in [3.63, 3.8) is 0 Å². The molecule has 2 aromatic carbocycles. The van der Waals surface area contributed by atoms with E-state index in [0.717, 1.165) is 53.0 Å². The van der Waals surface area contributed by atoms with Gasteiger partial charge in [-0.05, 0) is 56.4 Å². The minimum atomic E-state index is -0.327. The normalized spacial score (nSPS) is 10.8. The Kier molecular flexibility index (Phi) is 7.45. The lowest BCUT2D eigenvalue weighted by Gasteiger charge is -2.21. The highest BCUT2D eigenvalue weighted by atomic mass is 16.2. The number of carbonyl (C=O) groups excluding carboxylic acids is 1. The van der Waals surface area contributed by atoms with Crippen LogP contribution in [0.4, 0.5) is 5.69 Å². The highest BCUT2D eigenvalue weighted by Gasteiger charge is 2.21. The van der Waals surface area contributed by atoms with E-state index in [4.69, 9.17) is 0 Å². The highest BCUT2D eigenvalue weighted by molar-refractivity contribution is 6.05. The van der Waals surface area contributed by atoms with Crippen LogP contribution in [0.2, 0.25) is 0 Å². The average Bonchev–Trinajstić information content (AvgIpc) is 2.74. The van der Waals surface area contributed by atoms with E-state index in [9.17, 15) is 9.59 Å². The van der Waals surface area contributed by atoms with Crippen LogP contribution in [0.1, 0.15) is 64.6 Å². The van der Waals surface area contributed by atoms with Crippen molar-refractivity contribution in [2.24, 2.45) is 0 Å². The first-order valence-electron chi connectivity index (χ1n) is 11.1. The Bertz CT molecular complexity index is 1110. The summed E-state index contributed by atoms with van der Waals surface area (Å²) < 4.78 is 2.13. The SMILES string of the molecule is CCCCCc1c(C(=O)Nc2cccc(C)c2C)c(=O)cc(C)n1Cc1ccccc1. The molecule has 0 saturated carbocycles. The number of unbranched alkanes of at least 4 members (excludes halogenated alkanes) is 2. The largest absolute Gasteiger partial charge is 0.343 e. The molecule has 3 aromatic rings. The van der Waals surface area contributed by atoms with Crippen molar-refractivity contribution in [1.29, 1.82) is 0 Å². The van der Waals surface area contributed by atoms with E-state index in [-0.39, 0.29) is 16.9 Å². The summed E-state index contributed by atoms with van der Waals surface area (Å²) in [6.45, 7) is 8.73. The molecule has 4 nitrogen and oxygen atoms in total. The van der Waals surface area contributed by atoms with Gasteiger partial charge in [0, 0.05) is 29.7 Å². The van der Waals surface area contributed by atoms with Gasteiger partial charge in [-0.1, -0.05) is 62.2 Å². The second-order valence-corrected chi connectivity index (χ2v) is 8.20. The fourth-order valence-corrected chi connectivity index (χ4v) is 3.93. The summed E-state index contributed by atoms with van der Waals surface area (Å²) in [5.41, 5.74) is 5.76. The summed E-state index contributed by atoms with van der Waals surface area (Å²) in [4.78, 5) is 26.4. The van der Waals surface area contributed by atoms with Crippen LogP contribution in [-0.4, -0.2) is 10.5 Å². The molecule has 0 aliphatic rings. The van der Waals surface area contributed by atoms with Gasteiger partial charge < -0.3 is 9.88 Å². The maximum absolute atomic E-state index is 13.3. The van der Waals surface area contributed by atoms with E-state index in [1.165, 1.54) is 0 Å². The maximum atomic E-state index is 13.3. The number of hydrogen-bond acceptors (Lipinski definition) is 2. The predicted molar refractivity (Wildman–Crippen MR) is 128 cm³/mol. The summed E-state index contributed by atoms with van der Waals surface area (Å²) in [6, 6.07) is 17.6. The van der Waals surface area contributed by atoms with Crippen molar-refractivity contribution in [2.45, 2.75) is 59.9 Å². The quantitative estimate of drug-likeness (QED) is 0.471. The van der Waals surface area contributed by atoms with Crippen LogP contribution >= 0.6 is 0 Å². The van der Waals surface area contributed by atoms with Gasteiger partial charge in [0.05, 0.1) is 0 Å². The van der Waals surface area contributed by atoms with Crippen LogP contribution in [-0.2, 0) is 13.0 Å². The van der Waals surface area contributed by atoms with Gasteiger partial charge in [0.25, 0.3) is 5.91 Å². The summed E-state index contributed by atoms with van der Waals surface area (Å²) in [6.07, 6.45) is 3.79. The van der Waals surface area contributed by atoms with Gasteiger partial charge in [-0.15, -0.1) is 0 Å². The molecule has 0 atom stereocenters. The lowest BCUT2D eigenvalue weighted by Crippen LogP contribution is -2.29. The molecular weight excluding hydrogens is 384 g/mol. The van der Waals surface area contributed by atoms with E-state index >= 15 is 0 Å². The Morgan fingerprint density at radius 2 is 1.71 bits per heavy atom. The number of aryl methyl sites for hydroxylation is 2. The third kappa shape index (κ3) is 5.32. The summed E-state index contributed by atoms with van der Waals surface area (Å²) in [7, 11) is 0. The molecule has 162 valence electrons. The Hall–Kier alpha value is -3.14. The fourth-order valence-electron chi connectivity index (χ4n) is 3.93. The predicted octanol–water partition coefficient (Wildman–Crippen LogP) is 5.81. The first kappa shape index (κ1) is 22.5. The molecule has 1 N–H and O–H groups in total. The third-order valence-corrected chi connectivity index (χ3v) is 5.91. The molecule has 0 aliphatic carbocycles. The fraction of sp³-hybridized carbons (Fsp3) is 0.333. The van der Waals surface area contributed by atoms with Crippen molar-refractivity contribution in [3.05, 3.63) is 98.5 Å². The Morgan fingerprint density at radius 3 is 2.42 bits per heavy atom. The molecule has 0 unspecified atom stereocenters. The van der Waals surface area contributed by atoms with Crippen molar-refractivity contribution in [1.82, 2.24) is 4.57 Å². The second kappa shape index (κ2) is 10.3. The van der Waals surface area contributed by atoms with E-state index in [1.807, 2.05) is 57.2 Å². The second-order valence-electron chi connectivity index (χ2n) is 8.20. The van der Waals surface area contributed by atoms with E-state index < -0.39 is 0 Å². The van der Waals surface area contributed by atoms with Crippen LogP contribution in [0, 0.1) is 20.8 Å². The van der Waals surface area contributed by atoms with Crippen molar-refractivity contribution in [3.8, 4) is 0 Å². The number of pyridine rings is 1. The van der Waals surface area contributed by atoms with Crippen molar-refractivity contribution in [2.75, 3.05) is 5.32 Å². The highest BCUT2D eigenvalue weighted by Crippen LogP contribution is 2.21. The first-order valence-corrected chi connectivity index (χ1v) is 11.1. The number of nitrogens with one attached hydrogen (secondary N) is 1. The van der Waals surface area contributed by atoms with E-state index in [1.54, 1.807) is 6.07 Å². The average molecular weight is 417 g/mol. The molecule has 0 bridgehead atoms.